The number of hydrogen-bond acceptors (Lipinski definition) is 10. The predicted octanol–water partition coefficient (Wildman–Crippen LogP) is 4.62. The number of esters is 2. The molecule has 0 radical (unpaired) electrons. The quantitative estimate of drug-likeness (QED) is 0.162. The topological polar surface area (TPSA) is 132 Å². The number of ether oxygens (including phenoxy) is 4. The Kier molecular flexibility index (Phi) is 10.9. The van der Waals surface area contributed by atoms with Gasteiger partial charge in [-0.15, -0.1) is 0 Å². The summed E-state index contributed by atoms with van der Waals surface area (Å²) in [6.07, 6.45) is 9.06. The molecule has 0 unspecified atom stereocenters. The summed E-state index contributed by atoms with van der Waals surface area (Å²) in [6.45, 7) is 4.62. The lowest BCUT2D eigenvalue weighted by Crippen LogP contribution is -2.11. The lowest BCUT2D eigenvalue weighted by atomic mass is 10.2. The number of aromatic nitrogens is 6. The van der Waals surface area contributed by atoms with Crippen molar-refractivity contribution in [3.05, 3.63) is 80.7 Å². The third-order valence-electron chi connectivity index (χ3n) is 6.34. The van der Waals surface area contributed by atoms with E-state index in [4.69, 9.17) is 18.9 Å². The van der Waals surface area contributed by atoms with Gasteiger partial charge in [0.1, 0.15) is 24.3 Å². The van der Waals surface area contributed by atoms with Crippen LogP contribution in [0.15, 0.2) is 49.1 Å². The second kappa shape index (κ2) is 14.8. The van der Waals surface area contributed by atoms with E-state index in [-0.39, 0.29) is 19.2 Å². The SMILES string of the molecule is CCOC(=O)c1cnn(C)c1COc1ccc(C2CC2)cn1.CCOC(=O)c1cnn(C)c1COc1ccc(I)cn1. The van der Waals surface area contributed by atoms with Gasteiger partial charge in [-0.3, -0.25) is 9.36 Å². The van der Waals surface area contributed by atoms with Crippen molar-refractivity contribution in [3.8, 4) is 11.8 Å². The maximum absolute atomic E-state index is 11.9. The minimum absolute atomic E-state index is 0.207. The highest BCUT2D eigenvalue weighted by molar-refractivity contribution is 14.1. The van der Waals surface area contributed by atoms with Gasteiger partial charge in [-0.05, 0) is 66.8 Å². The fraction of sp³-hybridized carbons (Fsp3) is 0.379. The van der Waals surface area contributed by atoms with Crippen LogP contribution in [0.5, 0.6) is 11.8 Å². The van der Waals surface area contributed by atoms with Crippen molar-refractivity contribution >= 4 is 34.5 Å². The number of rotatable bonds is 11. The van der Waals surface area contributed by atoms with E-state index in [1.54, 1.807) is 49.6 Å². The molecule has 0 bridgehead atoms. The van der Waals surface area contributed by atoms with Crippen molar-refractivity contribution in [2.24, 2.45) is 14.1 Å². The van der Waals surface area contributed by atoms with Crippen LogP contribution in [0.1, 0.15) is 70.3 Å². The highest BCUT2D eigenvalue weighted by Crippen LogP contribution is 2.39. The molecule has 0 aromatic carbocycles. The van der Waals surface area contributed by atoms with Crippen LogP contribution in [-0.4, -0.2) is 54.7 Å². The summed E-state index contributed by atoms with van der Waals surface area (Å²) in [4.78, 5) is 32.1. The van der Waals surface area contributed by atoms with Gasteiger partial charge in [-0.1, -0.05) is 6.07 Å². The van der Waals surface area contributed by atoms with Crippen LogP contribution >= 0.6 is 22.6 Å². The number of pyridine rings is 2. The predicted molar refractivity (Wildman–Crippen MR) is 160 cm³/mol. The maximum Gasteiger partial charge on any atom is 0.341 e. The highest BCUT2D eigenvalue weighted by Gasteiger charge is 2.24. The van der Waals surface area contributed by atoms with Gasteiger partial charge < -0.3 is 18.9 Å². The van der Waals surface area contributed by atoms with E-state index in [0.29, 0.717) is 53.4 Å². The van der Waals surface area contributed by atoms with Crippen LogP contribution in [0, 0.1) is 3.57 Å². The van der Waals surface area contributed by atoms with Gasteiger partial charge >= 0.3 is 11.9 Å². The minimum atomic E-state index is -0.394. The molecule has 0 saturated heterocycles. The number of carbonyl (C=O) groups is 2. The van der Waals surface area contributed by atoms with Gasteiger partial charge in [0.25, 0.3) is 0 Å². The lowest BCUT2D eigenvalue weighted by Gasteiger charge is -2.08. The average molecular weight is 689 g/mol. The Hall–Kier alpha value is -4.01. The Morgan fingerprint density at radius 3 is 1.69 bits per heavy atom. The van der Waals surface area contributed by atoms with Crippen molar-refractivity contribution in [2.45, 2.75) is 45.8 Å². The fourth-order valence-electron chi connectivity index (χ4n) is 3.89. The molecule has 222 valence electrons. The normalized spacial score (nSPS) is 12.2. The molecule has 0 atom stereocenters. The van der Waals surface area contributed by atoms with E-state index < -0.39 is 5.97 Å². The van der Waals surface area contributed by atoms with Crippen molar-refractivity contribution in [3.63, 3.8) is 0 Å². The van der Waals surface area contributed by atoms with Crippen molar-refractivity contribution in [2.75, 3.05) is 13.2 Å². The van der Waals surface area contributed by atoms with Gasteiger partial charge in [-0.2, -0.15) is 10.2 Å². The molecule has 1 saturated carbocycles. The molecule has 0 N–H and O–H groups in total. The largest absolute Gasteiger partial charge is 0.471 e. The molecule has 4 heterocycles. The molecular weight excluding hydrogens is 655 g/mol. The van der Waals surface area contributed by atoms with E-state index in [0.717, 1.165) is 3.57 Å². The molecule has 13 heteroatoms. The number of aryl methyl sites for hydroxylation is 2. The zero-order valence-corrected chi connectivity index (χ0v) is 26.1. The first-order chi connectivity index (χ1) is 20.3. The van der Waals surface area contributed by atoms with Gasteiger partial charge in [0.2, 0.25) is 11.8 Å². The van der Waals surface area contributed by atoms with E-state index in [9.17, 15) is 9.59 Å². The number of halogens is 1. The Balaban J connectivity index is 0.000000194. The van der Waals surface area contributed by atoms with E-state index >= 15 is 0 Å². The van der Waals surface area contributed by atoms with Crippen LogP contribution in [-0.2, 0) is 36.8 Å². The number of nitrogens with zero attached hydrogens (tertiary/aromatic N) is 6. The summed E-state index contributed by atoms with van der Waals surface area (Å²) in [5.41, 5.74) is 3.44. The smallest absolute Gasteiger partial charge is 0.341 e. The van der Waals surface area contributed by atoms with Crippen LogP contribution in [0.3, 0.4) is 0 Å². The van der Waals surface area contributed by atoms with Crippen molar-refractivity contribution in [1.82, 2.24) is 29.5 Å². The first kappa shape index (κ1) is 30.9. The van der Waals surface area contributed by atoms with E-state index in [2.05, 4.69) is 48.8 Å². The monoisotopic (exact) mass is 688 g/mol. The molecule has 12 nitrogen and oxygen atoms in total. The minimum Gasteiger partial charge on any atom is -0.471 e. The molecule has 1 aliphatic carbocycles. The van der Waals surface area contributed by atoms with Crippen LogP contribution in [0.4, 0.5) is 0 Å². The highest BCUT2D eigenvalue weighted by atomic mass is 127. The molecule has 0 spiro atoms. The molecule has 1 fully saturated rings. The molecule has 0 amide bonds. The van der Waals surface area contributed by atoms with Gasteiger partial charge in [0, 0.05) is 42.2 Å². The van der Waals surface area contributed by atoms with Gasteiger partial charge in [0.05, 0.1) is 37.0 Å². The first-order valence-corrected chi connectivity index (χ1v) is 14.6. The summed E-state index contributed by atoms with van der Waals surface area (Å²) in [5, 5.41) is 8.15. The Labute approximate surface area is 257 Å². The fourth-order valence-corrected chi connectivity index (χ4v) is 4.21. The molecule has 1 aliphatic rings. The summed E-state index contributed by atoms with van der Waals surface area (Å²) < 4.78 is 25.5. The Morgan fingerprint density at radius 1 is 0.786 bits per heavy atom. The molecule has 4 aromatic heterocycles. The lowest BCUT2D eigenvalue weighted by molar-refractivity contribution is 0.0513. The summed E-state index contributed by atoms with van der Waals surface area (Å²) >= 11 is 2.17. The van der Waals surface area contributed by atoms with Crippen LogP contribution < -0.4 is 9.47 Å². The van der Waals surface area contributed by atoms with Crippen LogP contribution in [0.2, 0.25) is 0 Å². The third-order valence-corrected chi connectivity index (χ3v) is 6.97. The second-order valence-electron chi connectivity index (χ2n) is 9.29. The standard InChI is InChI=1S/C16H19N3O3.C13H14IN3O3/c1-3-21-16(20)13-9-18-19(2)14(13)10-22-15-7-6-12(8-17-15)11-4-5-11;1-3-19-13(18)10-7-16-17(2)11(10)8-20-12-5-4-9(14)6-15-12/h6-9,11H,3-5,10H2,1-2H3;4-7H,3,8H2,1-2H3. The molecule has 5 rings (SSSR count). The van der Waals surface area contributed by atoms with Gasteiger partial charge in [-0.25, -0.2) is 19.6 Å². The summed E-state index contributed by atoms with van der Waals surface area (Å²) in [7, 11) is 3.52. The van der Waals surface area contributed by atoms with E-state index in [1.165, 1.54) is 30.8 Å². The average Bonchev–Trinajstić information content (AvgIpc) is 3.68. The molecule has 42 heavy (non-hydrogen) atoms. The molecule has 4 aromatic rings. The van der Waals surface area contributed by atoms with Crippen molar-refractivity contribution < 1.29 is 28.5 Å². The maximum atomic E-state index is 11.9. The zero-order chi connectivity index (χ0) is 30.1. The summed E-state index contributed by atoms with van der Waals surface area (Å²) in [5.74, 6) is 0.942. The number of carbonyl (C=O) groups excluding carboxylic acids is 2. The summed E-state index contributed by atoms with van der Waals surface area (Å²) in [6, 6.07) is 7.60. The molecule has 0 aliphatic heterocycles. The van der Waals surface area contributed by atoms with Crippen molar-refractivity contribution in [1.29, 1.82) is 0 Å². The first-order valence-electron chi connectivity index (χ1n) is 13.5. The molecular formula is C29H33IN6O6. The van der Waals surface area contributed by atoms with Gasteiger partial charge in [0.15, 0.2) is 0 Å². The van der Waals surface area contributed by atoms with E-state index in [1.807, 2.05) is 18.3 Å². The zero-order valence-electron chi connectivity index (χ0n) is 23.9. The second-order valence-corrected chi connectivity index (χ2v) is 10.5. The third kappa shape index (κ3) is 8.27. The number of hydrogen-bond donors (Lipinski definition) is 0. The Bertz CT molecular complexity index is 1480. The van der Waals surface area contributed by atoms with Crippen LogP contribution in [0.25, 0.3) is 0 Å². The Morgan fingerprint density at radius 2 is 1.29 bits per heavy atom.